The van der Waals surface area contributed by atoms with E-state index in [9.17, 15) is 13.2 Å². The molecule has 3 nitrogen and oxygen atoms in total. The van der Waals surface area contributed by atoms with Crippen molar-refractivity contribution in [1.82, 2.24) is 9.78 Å². The lowest BCUT2D eigenvalue weighted by Gasteiger charge is -2.15. The second-order valence-electron chi connectivity index (χ2n) is 4.49. The lowest BCUT2D eigenvalue weighted by atomic mass is 9.96. The minimum absolute atomic E-state index is 0.476. The number of benzene rings is 1. The molecule has 6 heteroatoms. The molecule has 1 aromatic heterocycles. The van der Waals surface area contributed by atoms with Crippen molar-refractivity contribution in [2.75, 3.05) is 0 Å². The molecule has 0 saturated carbocycles. The van der Waals surface area contributed by atoms with Gasteiger partial charge >= 0.3 is 6.18 Å². The Morgan fingerprint density at radius 3 is 2.47 bits per heavy atom. The van der Waals surface area contributed by atoms with Crippen molar-refractivity contribution in [3.05, 3.63) is 52.8 Å². The highest BCUT2D eigenvalue weighted by molar-refractivity contribution is 5.38. The van der Waals surface area contributed by atoms with E-state index in [-0.39, 0.29) is 0 Å². The molecule has 0 saturated heterocycles. The van der Waals surface area contributed by atoms with Crippen LogP contribution in [-0.2, 0) is 13.2 Å². The SMILES string of the molecule is Cc1cc(C(F)(F)F)ccc1C(N)c1cnn(C)c1. The Balaban J connectivity index is 2.36. The van der Waals surface area contributed by atoms with E-state index in [0.717, 1.165) is 17.7 Å². The quantitative estimate of drug-likeness (QED) is 0.911. The molecule has 1 unspecified atom stereocenters. The van der Waals surface area contributed by atoms with Gasteiger partial charge in [0.25, 0.3) is 0 Å². The predicted molar refractivity (Wildman–Crippen MR) is 65.4 cm³/mol. The molecule has 19 heavy (non-hydrogen) atoms. The van der Waals surface area contributed by atoms with Crippen LogP contribution in [0.5, 0.6) is 0 Å². The van der Waals surface area contributed by atoms with Gasteiger partial charge < -0.3 is 5.73 Å². The summed E-state index contributed by atoms with van der Waals surface area (Å²) >= 11 is 0. The first-order valence-electron chi connectivity index (χ1n) is 5.71. The Bertz CT molecular complexity index is 587. The van der Waals surface area contributed by atoms with Crippen molar-refractivity contribution in [2.45, 2.75) is 19.1 Å². The summed E-state index contributed by atoms with van der Waals surface area (Å²) in [5, 5.41) is 4.01. The highest BCUT2D eigenvalue weighted by Gasteiger charge is 2.31. The van der Waals surface area contributed by atoms with E-state index in [2.05, 4.69) is 5.10 Å². The molecule has 2 rings (SSSR count). The van der Waals surface area contributed by atoms with Crippen LogP contribution in [0.3, 0.4) is 0 Å². The minimum atomic E-state index is -4.33. The van der Waals surface area contributed by atoms with Crippen LogP contribution in [-0.4, -0.2) is 9.78 Å². The summed E-state index contributed by atoms with van der Waals surface area (Å²) in [6, 6.07) is 3.12. The highest BCUT2D eigenvalue weighted by Crippen LogP contribution is 2.32. The summed E-state index contributed by atoms with van der Waals surface area (Å²) in [5.41, 5.74) is 7.35. The van der Waals surface area contributed by atoms with Crippen molar-refractivity contribution in [3.8, 4) is 0 Å². The van der Waals surface area contributed by atoms with Gasteiger partial charge in [0.05, 0.1) is 17.8 Å². The van der Waals surface area contributed by atoms with E-state index in [0.29, 0.717) is 11.1 Å². The molecule has 102 valence electrons. The molecule has 0 aliphatic carbocycles. The topological polar surface area (TPSA) is 43.8 Å². The first-order valence-corrected chi connectivity index (χ1v) is 5.71. The maximum absolute atomic E-state index is 12.6. The number of nitrogens with two attached hydrogens (primary N) is 1. The Kier molecular flexibility index (Phi) is 3.36. The first-order chi connectivity index (χ1) is 8.79. The molecule has 0 amide bonds. The van der Waals surface area contributed by atoms with Crippen molar-refractivity contribution in [1.29, 1.82) is 0 Å². The average Bonchev–Trinajstić information content (AvgIpc) is 2.73. The number of alkyl halides is 3. The van der Waals surface area contributed by atoms with E-state index in [1.54, 1.807) is 31.0 Å². The molecule has 0 aliphatic rings. The molecular formula is C13H14F3N3. The fourth-order valence-electron chi connectivity index (χ4n) is 1.98. The van der Waals surface area contributed by atoms with Crippen LogP contribution in [0.2, 0.25) is 0 Å². The summed E-state index contributed by atoms with van der Waals surface area (Å²) in [7, 11) is 1.76. The monoisotopic (exact) mass is 269 g/mol. The largest absolute Gasteiger partial charge is 0.416 e. The van der Waals surface area contributed by atoms with Gasteiger partial charge in [-0.25, -0.2) is 0 Å². The van der Waals surface area contributed by atoms with Gasteiger partial charge in [-0.2, -0.15) is 18.3 Å². The average molecular weight is 269 g/mol. The molecule has 0 bridgehead atoms. The number of halogens is 3. The van der Waals surface area contributed by atoms with Gasteiger partial charge in [-0.3, -0.25) is 4.68 Å². The molecule has 0 spiro atoms. The van der Waals surface area contributed by atoms with Crippen molar-refractivity contribution in [2.24, 2.45) is 12.8 Å². The summed E-state index contributed by atoms with van der Waals surface area (Å²) < 4.78 is 39.4. The standard InChI is InChI=1S/C13H14F3N3/c1-8-5-10(13(14,15)16)3-4-11(8)12(17)9-6-18-19(2)7-9/h3-7,12H,17H2,1-2H3. The third-order valence-corrected chi connectivity index (χ3v) is 3.02. The second kappa shape index (κ2) is 4.70. The number of hydrogen-bond acceptors (Lipinski definition) is 2. The Morgan fingerprint density at radius 2 is 2.00 bits per heavy atom. The van der Waals surface area contributed by atoms with Gasteiger partial charge in [-0.15, -0.1) is 0 Å². The maximum Gasteiger partial charge on any atom is 0.416 e. The molecule has 1 heterocycles. The fraction of sp³-hybridized carbons (Fsp3) is 0.308. The fourth-order valence-corrected chi connectivity index (χ4v) is 1.98. The number of rotatable bonds is 2. The van der Waals surface area contributed by atoms with E-state index in [4.69, 9.17) is 5.73 Å². The van der Waals surface area contributed by atoms with E-state index >= 15 is 0 Å². The van der Waals surface area contributed by atoms with Gasteiger partial charge in [0, 0.05) is 18.8 Å². The zero-order chi connectivity index (χ0) is 14.2. The highest BCUT2D eigenvalue weighted by atomic mass is 19.4. The Hall–Kier alpha value is -1.82. The maximum atomic E-state index is 12.6. The zero-order valence-corrected chi connectivity index (χ0v) is 10.6. The predicted octanol–water partition coefficient (Wildman–Crippen LogP) is 2.80. The van der Waals surface area contributed by atoms with E-state index in [1.807, 2.05) is 0 Å². The van der Waals surface area contributed by atoms with Gasteiger partial charge in [0.15, 0.2) is 0 Å². The Morgan fingerprint density at radius 1 is 1.32 bits per heavy atom. The van der Waals surface area contributed by atoms with Crippen LogP contribution in [0.15, 0.2) is 30.6 Å². The smallest absolute Gasteiger partial charge is 0.320 e. The molecule has 1 atom stereocenters. The van der Waals surface area contributed by atoms with Crippen LogP contribution in [0.25, 0.3) is 0 Å². The van der Waals surface area contributed by atoms with E-state index in [1.165, 1.54) is 6.07 Å². The summed E-state index contributed by atoms with van der Waals surface area (Å²) in [5.74, 6) is 0. The van der Waals surface area contributed by atoms with Gasteiger partial charge in [0.1, 0.15) is 0 Å². The van der Waals surface area contributed by atoms with Crippen molar-refractivity contribution >= 4 is 0 Å². The zero-order valence-electron chi connectivity index (χ0n) is 10.6. The Labute approximate surface area is 108 Å². The van der Waals surface area contributed by atoms with Crippen molar-refractivity contribution < 1.29 is 13.2 Å². The lowest BCUT2D eigenvalue weighted by Crippen LogP contribution is -2.14. The first kappa shape index (κ1) is 13.6. The third-order valence-electron chi connectivity index (χ3n) is 3.02. The number of aromatic nitrogens is 2. The number of aryl methyl sites for hydroxylation is 2. The van der Waals surface area contributed by atoms with Gasteiger partial charge in [0.2, 0.25) is 0 Å². The van der Waals surface area contributed by atoms with Crippen LogP contribution >= 0.6 is 0 Å². The van der Waals surface area contributed by atoms with Crippen molar-refractivity contribution in [3.63, 3.8) is 0 Å². The molecular weight excluding hydrogens is 255 g/mol. The normalized spacial score (nSPS) is 13.6. The molecule has 0 radical (unpaired) electrons. The van der Waals surface area contributed by atoms with Crippen LogP contribution < -0.4 is 5.73 Å². The minimum Gasteiger partial charge on any atom is -0.320 e. The number of nitrogens with zero attached hydrogens (tertiary/aromatic N) is 2. The molecule has 2 aromatic rings. The van der Waals surface area contributed by atoms with Crippen LogP contribution in [0.4, 0.5) is 13.2 Å². The molecule has 0 fully saturated rings. The van der Waals surface area contributed by atoms with Gasteiger partial charge in [-0.1, -0.05) is 6.07 Å². The lowest BCUT2D eigenvalue weighted by molar-refractivity contribution is -0.137. The summed E-state index contributed by atoms with van der Waals surface area (Å²) in [6.45, 7) is 1.63. The summed E-state index contributed by atoms with van der Waals surface area (Å²) in [6.07, 6.45) is -0.967. The second-order valence-corrected chi connectivity index (χ2v) is 4.49. The van der Waals surface area contributed by atoms with Crippen LogP contribution in [0.1, 0.15) is 28.3 Å². The van der Waals surface area contributed by atoms with Crippen LogP contribution in [0, 0.1) is 6.92 Å². The molecule has 2 N–H and O–H groups in total. The molecule has 0 aliphatic heterocycles. The molecule has 1 aromatic carbocycles. The summed E-state index contributed by atoms with van der Waals surface area (Å²) in [4.78, 5) is 0. The third kappa shape index (κ3) is 2.78. The van der Waals surface area contributed by atoms with Gasteiger partial charge in [-0.05, 0) is 30.2 Å². The van der Waals surface area contributed by atoms with E-state index < -0.39 is 17.8 Å². The number of hydrogen-bond donors (Lipinski definition) is 1.